The average molecular weight is 259 g/mol. The number of nitrogens with one attached hydrogen (secondary N) is 1. The Hall–Kier alpha value is -1.52. The molecule has 0 aliphatic rings. The number of alkyl halides is 3. The summed E-state index contributed by atoms with van der Waals surface area (Å²) < 4.78 is 38.1. The Bertz CT molecular complexity index is 411. The molecule has 0 aliphatic carbocycles. The average Bonchev–Trinajstić information content (AvgIpc) is 2.30. The number of hydrogen-bond donors (Lipinski definition) is 1. The van der Waals surface area contributed by atoms with Gasteiger partial charge in [-0.25, -0.2) is 0 Å². The summed E-state index contributed by atoms with van der Waals surface area (Å²) in [5, 5.41) is 2.36. The molecule has 0 bridgehead atoms. The van der Waals surface area contributed by atoms with Crippen LogP contribution >= 0.6 is 0 Å². The fraction of sp³-hybridized carbons (Fsp3) is 0.462. The molecule has 0 saturated heterocycles. The summed E-state index contributed by atoms with van der Waals surface area (Å²) in [4.78, 5) is 11.8. The minimum Gasteiger partial charge on any atom is -0.325 e. The number of carbonyl (C=O) groups excluding carboxylic acids is 1. The van der Waals surface area contributed by atoms with Gasteiger partial charge in [-0.15, -0.1) is 0 Å². The zero-order valence-electron chi connectivity index (χ0n) is 10.3. The molecule has 0 radical (unpaired) electrons. The van der Waals surface area contributed by atoms with Crippen LogP contribution in [-0.2, 0) is 11.0 Å². The second kappa shape index (κ2) is 5.89. The Balaban J connectivity index is 2.95. The van der Waals surface area contributed by atoms with E-state index in [9.17, 15) is 18.0 Å². The molecule has 18 heavy (non-hydrogen) atoms. The zero-order valence-corrected chi connectivity index (χ0v) is 10.3. The lowest BCUT2D eigenvalue weighted by atomic mass is 10.0. The van der Waals surface area contributed by atoms with Crippen molar-refractivity contribution in [1.82, 2.24) is 0 Å². The molecule has 0 aliphatic heterocycles. The SMILES string of the molecule is CCC(CC)C(=O)Nc1ccccc1C(F)(F)F. The fourth-order valence-electron chi connectivity index (χ4n) is 1.73. The van der Waals surface area contributed by atoms with Crippen LogP contribution in [0.4, 0.5) is 18.9 Å². The van der Waals surface area contributed by atoms with Gasteiger partial charge in [-0.2, -0.15) is 13.2 Å². The van der Waals surface area contributed by atoms with Crippen molar-refractivity contribution in [2.75, 3.05) is 5.32 Å². The third-order valence-corrected chi connectivity index (χ3v) is 2.85. The highest BCUT2D eigenvalue weighted by atomic mass is 19.4. The van der Waals surface area contributed by atoms with Crippen LogP contribution in [-0.4, -0.2) is 5.91 Å². The van der Waals surface area contributed by atoms with E-state index in [-0.39, 0.29) is 17.5 Å². The molecule has 0 atom stereocenters. The first-order valence-electron chi connectivity index (χ1n) is 5.87. The number of benzene rings is 1. The van der Waals surface area contributed by atoms with Crippen LogP contribution in [0, 0.1) is 5.92 Å². The Morgan fingerprint density at radius 2 is 1.78 bits per heavy atom. The van der Waals surface area contributed by atoms with Crippen LogP contribution in [0.1, 0.15) is 32.3 Å². The minimum absolute atomic E-state index is 0.179. The summed E-state index contributed by atoms with van der Waals surface area (Å²) in [5.74, 6) is -0.622. The van der Waals surface area contributed by atoms with E-state index in [0.717, 1.165) is 6.07 Å². The van der Waals surface area contributed by atoms with Gasteiger partial charge >= 0.3 is 6.18 Å². The van der Waals surface area contributed by atoms with Crippen molar-refractivity contribution in [3.05, 3.63) is 29.8 Å². The zero-order chi connectivity index (χ0) is 13.8. The largest absolute Gasteiger partial charge is 0.418 e. The monoisotopic (exact) mass is 259 g/mol. The maximum Gasteiger partial charge on any atom is 0.418 e. The van der Waals surface area contributed by atoms with Crippen molar-refractivity contribution in [2.24, 2.45) is 5.92 Å². The summed E-state index contributed by atoms with van der Waals surface area (Å²) in [6, 6.07) is 5.00. The molecule has 0 heterocycles. The second-order valence-corrected chi connectivity index (χ2v) is 4.05. The summed E-state index contributed by atoms with van der Waals surface area (Å²) in [7, 11) is 0. The minimum atomic E-state index is -4.46. The van der Waals surface area contributed by atoms with Crippen LogP contribution in [0.2, 0.25) is 0 Å². The van der Waals surface area contributed by atoms with Crippen molar-refractivity contribution in [3.8, 4) is 0 Å². The molecule has 0 fully saturated rings. The second-order valence-electron chi connectivity index (χ2n) is 4.05. The van der Waals surface area contributed by atoms with Crippen molar-refractivity contribution < 1.29 is 18.0 Å². The Labute approximate surface area is 104 Å². The summed E-state index contributed by atoms with van der Waals surface area (Å²) >= 11 is 0. The predicted octanol–water partition coefficient (Wildman–Crippen LogP) is 4.08. The topological polar surface area (TPSA) is 29.1 Å². The van der Waals surface area contributed by atoms with Crippen molar-refractivity contribution in [1.29, 1.82) is 0 Å². The highest BCUT2D eigenvalue weighted by Gasteiger charge is 2.33. The van der Waals surface area contributed by atoms with Gasteiger partial charge in [0.2, 0.25) is 5.91 Å². The lowest BCUT2D eigenvalue weighted by Gasteiger charge is -2.16. The van der Waals surface area contributed by atoms with E-state index < -0.39 is 11.7 Å². The first kappa shape index (κ1) is 14.5. The molecule has 5 heteroatoms. The lowest BCUT2D eigenvalue weighted by molar-refractivity contribution is -0.137. The van der Waals surface area contributed by atoms with Gasteiger partial charge in [0, 0.05) is 5.92 Å². The van der Waals surface area contributed by atoms with Crippen molar-refractivity contribution in [2.45, 2.75) is 32.9 Å². The number of anilines is 1. The molecule has 1 aromatic carbocycles. The van der Waals surface area contributed by atoms with Crippen LogP contribution < -0.4 is 5.32 Å². The third-order valence-electron chi connectivity index (χ3n) is 2.85. The molecule has 0 aromatic heterocycles. The number of rotatable bonds is 4. The highest BCUT2D eigenvalue weighted by molar-refractivity contribution is 5.93. The number of halogens is 3. The predicted molar refractivity (Wildman–Crippen MR) is 64.1 cm³/mol. The summed E-state index contributed by atoms with van der Waals surface area (Å²) in [6.07, 6.45) is -3.25. The number of carbonyl (C=O) groups is 1. The first-order valence-corrected chi connectivity index (χ1v) is 5.87. The van der Waals surface area contributed by atoms with Gasteiger partial charge in [-0.1, -0.05) is 26.0 Å². The van der Waals surface area contributed by atoms with Crippen LogP contribution in [0.25, 0.3) is 0 Å². The van der Waals surface area contributed by atoms with Crippen LogP contribution in [0.3, 0.4) is 0 Å². The van der Waals surface area contributed by atoms with Gasteiger partial charge in [-0.05, 0) is 25.0 Å². The number of para-hydroxylation sites is 1. The van der Waals surface area contributed by atoms with E-state index in [0.29, 0.717) is 12.8 Å². The molecule has 0 saturated carbocycles. The molecule has 2 nitrogen and oxygen atoms in total. The Kier molecular flexibility index (Phi) is 4.76. The van der Waals surface area contributed by atoms with Gasteiger partial charge in [0.05, 0.1) is 11.3 Å². The maximum absolute atomic E-state index is 12.7. The molecular formula is C13H16F3NO. The van der Waals surface area contributed by atoms with E-state index >= 15 is 0 Å². The van der Waals surface area contributed by atoms with Crippen molar-refractivity contribution in [3.63, 3.8) is 0 Å². The molecule has 1 rings (SSSR count). The molecule has 0 unspecified atom stereocenters. The summed E-state index contributed by atoms with van der Waals surface area (Å²) in [5.41, 5.74) is -0.994. The molecule has 0 spiro atoms. The third kappa shape index (κ3) is 3.48. The quantitative estimate of drug-likeness (QED) is 0.867. The standard InChI is InChI=1S/C13H16F3NO/c1-3-9(4-2)12(18)17-11-8-6-5-7-10(11)13(14,15)16/h5-9H,3-4H2,1-2H3,(H,17,18). The molecular weight excluding hydrogens is 243 g/mol. The van der Waals surface area contributed by atoms with Crippen LogP contribution in [0.15, 0.2) is 24.3 Å². The number of amides is 1. The van der Waals surface area contributed by atoms with E-state index in [2.05, 4.69) is 5.32 Å². The van der Waals surface area contributed by atoms with E-state index in [1.807, 2.05) is 13.8 Å². The van der Waals surface area contributed by atoms with Gasteiger partial charge < -0.3 is 5.32 Å². The Morgan fingerprint density at radius 3 is 2.28 bits per heavy atom. The van der Waals surface area contributed by atoms with Gasteiger partial charge in [0.25, 0.3) is 0 Å². The lowest BCUT2D eigenvalue weighted by Crippen LogP contribution is -2.23. The van der Waals surface area contributed by atoms with Crippen LogP contribution in [0.5, 0.6) is 0 Å². The molecule has 1 amide bonds. The normalized spacial score (nSPS) is 11.7. The Morgan fingerprint density at radius 1 is 1.22 bits per heavy atom. The first-order chi connectivity index (χ1) is 8.40. The van der Waals surface area contributed by atoms with Gasteiger partial charge in [0.15, 0.2) is 0 Å². The maximum atomic E-state index is 12.7. The van der Waals surface area contributed by atoms with E-state index in [4.69, 9.17) is 0 Å². The highest BCUT2D eigenvalue weighted by Crippen LogP contribution is 2.34. The fourth-order valence-corrected chi connectivity index (χ4v) is 1.73. The smallest absolute Gasteiger partial charge is 0.325 e. The van der Waals surface area contributed by atoms with Gasteiger partial charge in [0.1, 0.15) is 0 Å². The summed E-state index contributed by atoms with van der Waals surface area (Å²) in [6.45, 7) is 3.67. The van der Waals surface area contributed by atoms with Gasteiger partial charge in [-0.3, -0.25) is 4.79 Å². The molecule has 1 aromatic rings. The number of hydrogen-bond acceptors (Lipinski definition) is 1. The van der Waals surface area contributed by atoms with E-state index in [1.165, 1.54) is 18.2 Å². The van der Waals surface area contributed by atoms with E-state index in [1.54, 1.807) is 0 Å². The molecule has 1 N–H and O–H groups in total. The molecule has 100 valence electrons. The van der Waals surface area contributed by atoms with Crippen molar-refractivity contribution >= 4 is 11.6 Å².